The third kappa shape index (κ3) is 4.65. The van der Waals surface area contributed by atoms with Crippen molar-refractivity contribution in [3.8, 4) is 11.5 Å². The number of carboxylic acids is 1. The number of alkyl halides is 7. The molecule has 0 unspecified atom stereocenters. The minimum atomic E-state index is -6.44. The average molecular weight is 680 g/mol. The summed E-state index contributed by atoms with van der Waals surface area (Å²) in [5.74, 6) is -5.36. The lowest BCUT2D eigenvalue weighted by Crippen LogP contribution is -2.53. The van der Waals surface area contributed by atoms with Crippen molar-refractivity contribution in [3.05, 3.63) is 88.2 Å². The van der Waals surface area contributed by atoms with Gasteiger partial charge in [-0.3, -0.25) is 4.79 Å². The second-order valence-electron chi connectivity index (χ2n) is 10.9. The number of nitrogens with zero attached hydrogens (tertiary/aromatic N) is 1. The fraction of sp³-hybridized carbons (Fsp3) is 0.310. The van der Waals surface area contributed by atoms with Crippen LogP contribution in [0.2, 0.25) is 0 Å². The molecule has 17 heteroatoms. The summed E-state index contributed by atoms with van der Waals surface area (Å²) in [6.07, 6.45) is -14.2. The summed E-state index contributed by atoms with van der Waals surface area (Å²) in [7, 11) is -4.77. The maximum absolute atomic E-state index is 15.0. The molecule has 0 saturated carbocycles. The Morgan fingerprint density at radius 1 is 0.848 bits per heavy atom. The van der Waals surface area contributed by atoms with E-state index in [4.69, 9.17) is 0 Å². The molecule has 0 bridgehead atoms. The molecule has 5 rings (SSSR count). The molecule has 2 atom stereocenters. The molecule has 0 aromatic heterocycles. The average Bonchev–Trinajstić information content (AvgIpc) is 3.37. The Balaban J connectivity index is 1.70. The van der Waals surface area contributed by atoms with E-state index < -0.39 is 109 Å². The number of carboxylic acid groups (broad SMARTS) is 1. The number of rotatable bonds is 5. The van der Waals surface area contributed by atoms with Crippen molar-refractivity contribution in [2.24, 2.45) is 0 Å². The fourth-order valence-electron chi connectivity index (χ4n) is 6.37. The summed E-state index contributed by atoms with van der Waals surface area (Å²) in [5, 5.41) is 29.7. The van der Waals surface area contributed by atoms with Crippen molar-refractivity contribution in [3.63, 3.8) is 0 Å². The first-order valence-corrected chi connectivity index (χ1v) is 14.7. The van der Waals surface area contributed by atoms with Gasteiger partial charge in [0.1, 0.15) is 27.6 Å². The van der Waals surface area contributed by atoms with Gasteiger partial charge in [0.25, 0.3) is 5.91 Å². The first kappa shape index (κ1) is 33.0. The summed E-state index contributed by atoms with van der Waals surface area (Å²) in [4.78, 5) is 25.5. The van der Waals surface area contributed by atoms with E-state index in [1.54, 1.807) is 0 Å². The van der Waals surface area contributed by atoms with E-state index in [-0.39, 0.29) is 23.6 Å². The number of hydrogen-bond donors (Lipinski definition) is 3. The van der Waals surface area contributed by atoms with E-state index in [0.29, 0.717) is 24.3 Å². The Bertz CT molecular complexity index is 1840. The molecule has 1 saturated heterocycles. The van der Waals surface area contributed by atoms with Gasteiger partial charge in [0.2, 0.25) is 0 Å². The van der Waals surface area contributed by atoms with E-state index >= 15 is 0 Å². The summed E-state index contributed by atoms with van der Waals surface area (Å²) in [6.45, 7) is -0.413. The zero-order valence-corrected chi connectivity index (χ0v) is 23.8. The van der Waals surface area contributed by atoms with Gasteiger partial charge in [-0.15, -0.1) is 0 Å². The van der Waals surface area contributed by atoms with Gasteiger partial charge in [0.15, 0.2) is 9.84 Å². The van der Waals surface area contributed by atoms with Crippen LogP contribution in [-0.2, 0) is 26.7 Å². The number of halogens is 8. The van der Waals surface area contributed by atoms with Gasteiger partial charge in [0.05, 0.1) is 16.5 Å². The van der Waals surface area contributed by atoms with Crippen LogP contribution in [0.25, 0.3) is 0 Å². The van der Waals surface area contributed by atoms with Gasteiger partial charge in [0, 0.05) is 12.1 Å². The molecule has 1 heterocycles. The topological polar surface area (TPSA) is 132 Å². The van der Waals surface area contributed by atoms with Crippen LogP contribution in [0.1, 0.15) is 50.2 Å². The van der Waals surface area contributed by atoms with Gasteiger partial charge < -0.3 is 20.2 Å². The van der Waals surface area contributed by atoms with Crippen molar-refractivity contribution < 1.29 is 68.4 Å². The Labute approximate surface area is 254 Å². The smallest absolute Gasteiger partial charge is 0.435 e. The van der Waals surface area contributed by atoms with E-state index in [2.05, 4.69) is 0 Å². The molecule has 1 amide bonds. The number of carbonyl (C=O) groups is 2. The number of aryl methyl sites for hydroxylation is 1. The minimum absolute atomic E-state index is 0.184. The minimum Gasteiger partial charge on any atom is -0.507 e. The molecule has 0 radical (unpaired) electrons. The Morgan fingerprint density at radius 3 is 1.98 bits per heavy atom. The first-order chi connectivity index (χ1) is 21.2. The number of fused-ring (bicyclic) bond motifs is 3. The molecule has 246 valence electrons. The van der Waals surface area contributed by atoms with E-state index in [1.807, 2.05) is 0 Å². The van der Waals surface area contributed by atoms with Crippen LogP contribution in [0.15, 0.2) is 59.5 Å². The van der Waals surface area contributed by atoms with Crippen molar-refractivity contribution in [1.82, 2.24) is 4.90 Å². The van der Waals surface area contributed by atoms with Crippen LogP contribution in [0.5, 0.6) is 11.5 Å². The number of hydrogen-bond acceptors (Lipinski definition) is 6. The van der Waals surface area contributed by atoms with E-state index in [0.717, 1.165) is 29.2 Å². The van der Waals surface area contributed by atoms with Crippen LogP contribution >= 0.6 is 0 Å². The predicted molar refractivity (Wildman–Crippen MR) is 141 cm³/mol. The Morgan fingerprint density at radius 2 is 1.41 bits per heavy atom. The number of carbonyl (C=O) groups excluding carboxylic acids is 1. The zero-order chi connectivity index (χ0) is 34.2. The highest BCUT2D eigenvalue weighted by molar-refractivity contribution is 7.92. The molecule has 3 aromatic carbocycles. The van der Waals surface area contributed by atoms with Crippen LogP contribution < -0.4 is 0 Å². The molecule has 46 heavy (non-hydrogen) atoms. The number of aromatic hydroxyl groups is 2. The monoisotopic (exact) mass is 679 g/mol. The summed E-state index contributed by atoms with van der Waals surface area (Å²) >= 11 is 0. The Kier molecular flexibility index (Phi) is 7.57. The van der Waals surface area contributed by atoms with Crippen molar-refractivity contribution in [2.45, 2.75) is 53.0 Å². The zero-order valence-electron chi connectivity index (χ0n) is 23.0. The number of amides is 1. The van der Waals surface area contributed by atoms with Crippen molar-refractivity contribution in [1.29, 1.82) is 0 Å². The molecule has 1 aliphatic heterocycles. The molecular weight excluding hydrogens is 658 g/mol. The lowest BCUT2D eigenvalue weighted by molar-refractivity contribution is -0.348. The normalized spacial score (nSPS) is 20.3. The van der Waals surface area contributed by atoms with Gasteiger partial charge in [-0.2, -0.15) is 26.3 Å². The molecule has 8 nitrogen and oxygen atoms in total. The molecular formula is C29H21F8NO7S. The van der Waals surface area contributed by atoms with Crippen LogP contribution in [0.4, 0.5) is 35.1 Å². The highest BCUT2D eigenvalue weighted by atomic mass is 32.2. The second-order valence-corrected chi connectivity index (χ2v) is 13.1. The highest BCUT2D eigenvalue weighted by Crippen LogP contribution is 2.57. The van der Waals surface area contributed by atoms with Crippen molar-refractivity contribution in [2.75, 3.05) is 6.54 Å². The van der Waals surface area contributed by atoms with Crippen LogP contribution in [0, 0.1) is 5.82 Å². The quantitative estimate of drug-likeness (QED) is 0.178. The van der Waals surface area contributed by atoms with Gasteiger partial charge in [-0.1, -0.05) is 18.2 Å². The maximum atomic E-state index is 15.0. The predicted octanol–water partition coefficient (Wildman–Crippen LogP) is 5.75. The number of phenolic OH excluding ortho intramolecular Hbond substituents is 1. The van der Waals surface area contributed by atoms with Gasteiger partial charge in [-0.25, -0.2) is 22.0 Å². The molecule has 2 aliphatic rings. The first-order valence-electron chi connectivity index (χ1n) is 13.2. The van der Waals surface area contributed by atoms with Crippen LogP contribution in [-0.4, -0.2) is 65.5 Å². The largest absolute Gasteiger partial charge is 0.507 e. The molecule has 3 N–H and O–H groups in total. The maximum Gasteiger partial charge on any atom is 0.435 e. The number of aromatic carboxylic acids is 1. The van der Waals surface area contributed by atoms with Crippen LogP contribution in [0.3, 0.4) is 0 Å². The number of benzene rings is 3. The van der Waals surface area contributed by atoms with Crippen molar-refractivity contribution >= 4 is 21.7 Å². The third-order valence-electron chi connectivity index (χ3n) is 8.51. The summed E-state index contributed by atoms with van der Waals surface area (Å²) in [6, 6.07) is 4.35. The molecule has 0 spiro atoms. The summed E-state index contributed by atoms with van der Waals surface area (Å²) < 4.78 is 136. The molecule has 3 aromatic rings. The highest BCUT2D eigenvalue weighted by Gasteiger charge is 2.74. The lowest BCUT2D eigenvalue weighted by Gasteiger charge is -2.43. The summed E-state index contributed by atoms with van der Waals surface area (Å²) in [5.41, 5.74) is -9.69. The van der Waals surface area contributed by atoms with Gasteiger partial charge in [-0.05, 0) is 66.8 Å². The Hall–Kier alpha value is -4.41. The van der Waals surface area contributed by atoms with E-state index in [9.17, 15) is 68.4 Å². The molecule has 1 aliphatic carbocycles. The SMILES string of the molecule is O=C(O)c1cc(O)c(C(=O)N2CC[C@]3(S(=O)(=O)c4ccc(F)cc4)c4ccc(C(F)(C(F)(F)F)C(F)(F)F)cc4CC[C@H]23)cc1O. The van der Waals surface area contributed by atoms with Gasteiger partial charge >= 0.3 is 24.0 Å². The lowest BCUT2D eigenvalue weighted by atomic mass is 9.76. The fourth-order valence-corrected chi connectivity index (χ4v) is 8.74. The van der Waals surface area contributed by atoms with E-state index in [1.165, 1.54) is 0 Å². The molecule has 1 fully saturated rings. The standard InChI is InChI=1S/C29H21F8NO7S/c30-16-3-5-17(6-4-16)46(44,45)26-9-10-38(24(41)18-12-22(40)19(25(42)43)13-21(18)39)23(26)8-1-14-11-15(2-7-20(14)26)27(31,28(32,33)34)29(35,36)37/h2-7,11-13,23,39-40H,1,8-10H2,(H,42,43)/t23-,26-/m0/s1. The number of likely N-dealkylation sites (tertiary alicyclic amines) is 1. The second kappa shape index (κ2) is 10.6. The number of phenols is 2. The third-order valence-corrected chi connectivity index (χ3v) is 11.1. The number of sulfone groups is 1.